The Labute approximate surface area is 141 Å². The molecular formula is C14H13Cl2N3O2S. The third kappa shape index (κ3) is 3.19. The summed E-state index contributed by atoms with van der Waals surface area (Å²) in [5.41, 5.74) is 2.12. The normalized spacial score (nSPS) is 13.0. The maximum Gasteiger partial charge on any atom is 0.263 e. The van der Waals surface area contributed by atoms with Crippen molar-refractivity contribution in [3.63, 3.8) is 0 Å². The minimum absolute atomic E-state index is 0.131. The van der Waals surface area contributed by atoms with Crippen molar-refractivity contribution in [2.24, 2.45) is 7.05 Å². The van der Waals surface area contributed by atoms with Gasteiger partial charge in [-0.25, -0.2) is 0 Å². The number of rotatable bonds is 4. The highest BCUT2D eigenvalue weighted by Gasteiger charge is 2.22. The molecule has 0 radical (unpaired) electrons. The maximum absolute atomic E-state index is 12.1. The maximum atomic E-state index is 12.1. The summed E-state index contributed by atoms with van der Waals surface area (Å²) < 4.78 is 7.12. The van der Waals surface area contributed by atoms with Crippen LogP contribution in [0.1, 0.15) is 11.3 Å². The molecule has 5 nitrogen and oxygen atoms in total. The lowest BCUT2D eigenvalue weighted by Crippen LogP contribution is -2.22. The number of carbonyl (C=O) groups excluding carboxylic acids is 1. The van der Waals surface area contributed by atoms with Crippen LogP contribution in [0.5, 0.6) is 5.75 Å². The Hall–Kier alpha value is -1.37. The van der Waals surface area contributed by atoms with E-state index in [1.54, 1.807) is 34.6 Å². The molecule has 0 saturated heterocycles. The summed E-state index contributed by atoms with van der Waals surface area (Å²) in [7, 11) is 1.82. The van der Waals surface area contributed by atoms with Gasteiger partial charge in [0, 0.05) is 29.1 Å². The number of carbonyl (C=O) groups is 1. The number of hydrogen-bond acceptors (Lipinski definition) is 4. The molecular weight excluding hydrogens is 345 g/mol. The zero-order chi connectivity index (χ0) is 15.7. The molecule has 3 rings (SSSR count). The SMILES string of the molecule is Cn1nc2c(c1NC(=O)COc1ccc(Cl)cc1Cl)CSC2. The van der Waals surface area contributed by atoms with Gasteiger partial charge in [0.2, 0.25) is 0 Å². The number of nitrogens with zero attached hydrogens (tertiary/aromatic N) is 2. The summed E-state index contributed by atoms with van der Waals surface area (Å²) in [6.07, 6.45) is 0. The number of aromatic nitrogens is 2. The highest BCUT2D eigenvalue weighted by atomic mass is 35.5. The molecule has 0 aliphatic carbocycles. The monoisotopic (exact) mass is 357 g/mol. The van der Waals surface area contributed by atoms with Gasteiger partial charge in [0.15, 0.2) is 6.61 Å². The van der Waals surface area contributed by atoms with Crippen molar-refractivity contribution >= 4 is 46.7 Å². The number of nitrogens with one attached hydrogen (secondary N) is 1. The summed E-state index contributed by atoms with van der Waals surface area (Å²) in [5, 5.41) is 8.13. The largest absolute Gasteiger partial charge is 0.482 e. The van der Waals surface area contributed by atoms with E-state index in [1.807, 2.05) is 7.05 Å². The molecule has 116 valence electrons. The van der Waals surface area contributed by atoms with Crippen LogP contribution in [0.2, 0.25) is 10.0 Å². The van der Waals surface area contributed by atoms with E-state index in [0.717, 1.165) is 28.6 Å². The number of thioether (sulfide) groups is 1. The zero-order valence-electron chi connectivity index (χ0n) is 11.7. The first-order chi connectivity index (χ1) is 10.5. The Morgan fingerprint density at radius 3 is 3.05 bits per heavy atom. The van der Waals surface area contributed by atoms with E-state index < -0.39 is 0 Å². The van der Waals surface area contributed by atoms with Crippen LogP contribution in [0.15, 0.2) is 18.2 Å². The highest BCUT2D eigenvalue weighted by Crippen LogP contribution is 2.34. The van der Waals surface area contributed by atoms with E-state index >= 15 is 0 Å². The van der Waals surface area contributed by atoms with Gasteiger partial charge in [-0.3, -0.25) is 9.48 Å². The third-order valence-electron chi connectivity index (χ3n) is 3.22. The van der Waals surface area contributed by atoms with Gasteiger partial charge in [0.05, 0.1) is 10.7 Å². The van der Waals surface area contributed by atoms with Crippen LogP contribution >= 0.6 is 35.0 Å². The second-order valence-electron chi connectivity index (χ2n) is 4.80. The van der Waals surface area contributed by atoms with Gasteiger partial charge in [-0.2, -0.15) is 16.9 Å². The highest BCUT2D eigenvalue weighted by molar-refractivity contribution is 7.98. The Morgan fingerprint density at radius 1 is 1.45 bits per heavy atom. The Morgan fingerprint density at radius 2 is 2.27 bits per heavy atom. The average Bonchev–Trinajstić information content (AvgIpc) is 3.01. The first-order valence-corrected chi connectivity index (χ1v) is 8.46. The molecule has 0 spiro atoms. The van der Waals surface area contributed by atoms with Gasteiger partial charge in [0.25, 0.3) is 5.91 Å². The topological polar surface area (TPSA) is 56.2 Å². The van der Waals surface area contributed by atoms with Crippen LogP contribution < -0.4 is 10.1 Å². The number of benzene rings is 1. The van der Waals surface area contributed by atoms with Crippen LogP contribution in [0, 0.1) is 0 Å². The van der Waals surface area contributed by atoms with E-state index in [-0.39, 0.29) is 12.5 Å². The minimum Gasteiger partial charge on any atom is -0.482 e. The smallest absolute Gasteiger partial charge is 0.263 e. The lowest BCUT2D eigenvalue weighted by molar-refractivity contribution is -0.118. The summed E-state index contributed by atoms with van der Waals surface area (Å²) in [6, 6.07) is 4.86. The molecule has 1 aromatic heterocycles. The molecule has 1 amide bonds. The van der Waals surface area contributed by atoms with Crippen molar-refractivity contribution in [3.8, 4) is 5.75 Å². The number of hydrogen-bond donors (Lipinski definition) is 1. The molecule has 0 unspecified atom stereocenters. The fourth-order valence-corrected chi connectivity index (χ4v) is 3.70. The fraction of sp³-hybridized carbons (Fsp3) is 0.286. The lowest BCUT2D eigenvalue weighted by atomic mass is 10.3. The number of fused-ring (bicyclic) bond motifs is 1. The Balaban J connectivity index is 1.64. The van der Waals surface area contributed by atoms with E-state index in [1.165, 1.54) is 0 Å². The standard InChI is InChI=1S/C14H13Cl2N3O2S/c1-19-14(9-6-22-7-11(9)18-19)17-13(20)5-21-12-3-2-8(15)4-10(12)16/h2-4H,5-7H2,1H3,(H,17,20). The molecule has 0 saturated carbocycles. The van der Waals surface area contributed by atoms with Crippen molar-refractivity contribution in [2.45, 2.75) is 11.5 Å². The Kier molecular flexibility index (Phi) is 4.52. The van der Waals surface area contributed by atoms with Gasteiger partial charge in [-0.1, -0.05) is 23.2 Å². The van der Waals surface area contributed by atoms with Crippen LogP contribution in [0.25, 0.3) is 0 Å². The number of halogens is 2. The molecule has 2 aromatic rings. The second-order valence-corrected chi connectivity index (χ2v) is 6.63. The van der Waals surface area contributed by atoms with E-state index in [4.69, 9.17) is 27.9 Å². The van der Waals surface area contributed by atoms with Crippen molar-refractivity contribution < 1.29 is 9.53 Å². The van der Waals surface area contributed by atoms with E-state index in [9.17, 15) is 4.79 Å². The third-order valence-corrected chi connectivity index (χ3v) is 4.73. The van der Waals surface area contributed by atoms with Crippen molar-refractivity contribution in [3.05, 3.63) is 39.5 Å². The number of anilines is 1. The number of amides is 1. The number of ether oxygens (including phenoxy) is 1. The molecule has 1 aromatic carbocycles. The molecule has 0 fully saturated rings. The fourth-order valence-electron chi connectivity index (χ4n) is 2.20. The van der Waals surface area contributed by atoms with Crippen LogP contribution in [0.3, 0.4) is 0 Å². The molecule has 1 aliphatic heterocycles. The van der Waals surface area contributed by atoms with Gasteiger partial charge in [-0.15, -0.1) is 0 Å². The predicted molar refractivity (Wildman–Crippen MR) is 88.8 cm³/mol. The number of aryl methyl sites for hydroxylation is 1. The van der Waals surface area contributed by atoms with Gasteiger partial charge < -0.3 is 10.1 Å². The lowest BCUT2D eigenvalue weighted by Gasteiger charge is -2.10. The van der Waals surface area contributed by atoms with Crippen LogP contribution in [0.4, 0.5) is 5.82 Å². The van der Waals surface area contributed by atoms with E-state index in [0.29, 0.717) is 15.8 Å². The molecule has 2 heterocycles. The van der Waals surface area contributed by atoms with Crippen molar-refractivity contribution in [1.82, 2.24) is 9.78 Å². The van der Waals surface area contributed by atoms with E-state index in [2.05, 4.69) is 10.4 Å². The molecule has 1 aliphatic rings. The summed E-state index contributed by atoms with van der Waals surface area (Å²) in [6.45, 7) is -0.131. The minimum atomic E-state index is -0.256. The molecule has 8 heteroatoms. The predicted octanol–water partition coefficient (Wildman–Crippen LogP) is 3.49. The van der Waals surface area contributed by atoms with Crippen molar-refractivity contribution in [2.75, 3.05) is 11.9 Å². The zero-order valence-corrected chi connectivity index (χ0v) is 14.1. The summed E-state index contributed by atoms with van der Waals surface area (Å²) in [4.78, 5) is 12.1. The van der Waals surface area contributed by atoms with Crippen LogP contribution in [-0.2, 0) is 23.3 Å². The first-order valence-electron chi connectivity index (χ1n) is 6.55. The van der Waals surface area contributed by atoms with Gasteiger partial charge in [0.1, 0.15) is 11.6 Å². The van der Waals surface area contributed by atoms with Gasteiger partial charge >= 0.3 is 0 Å². The average molecular weight is 358 g/mol. The molecule has 22 heavy (non-hydrogen) atoms. The molecule has 1 N–H and O–H groups in total. The molecule has 0 atom stereocenters. The summed E-state index contributed by atoms with van der Waals surface area (Å²) in [5.74, 6) is 2.65. The first kappa shape index (κ1) is 15.5. The Bertz CT molecular complexity index is 733. The second kappa shape index (κ2) is 6.40. The van der Waals surface area contributed by atoms with Crippen molar-refractivity contribution in [1.29, 1.82) is 0 Å². The van der Waals surface area contributed by atoms with Crippen LogP contribution in [-0.4, -0.2) is 22.3 Å². The summed E-state index contributed by atoms with van der Waals surface area (Å²) >= 11 is 13.6. The van der Waals surface area contributed by atoms with Gasteiger partial charge in [-0.05, 0) is 18.2 Å². The quantitative estimate of drug-likeness (QED) is 0.909. The molecule has 0 bridgehead atoms.